The third-order valence-corrected chi connectivity index (χ3v) is 1.46. The first-order chi connectivity index (χ1) is 6.75. The second kappa shape index (κ2) is 4.94. The molecule has 1 N–H and O–H groups in total. The van der Waals surface area contributed by atoms with Crippen LogP contribution in [0.2, 0.25) is 0 Å². The van der Waals surface area contributed by atoms with E-state index in [9.17, 15) is 10.1 Å². The molecule has 72 valence electrons. The van der Waals surface area contributed by atoms with Gasteiger partial charge in [-0.15, -0.1) is 0 Å². The van der Waals surface area contributed by atoms with Crippen LogP contribution in [0.25, 0.3) is 0 Å². The Labute approximate surface area is 81.3 Å². The van der Waals surface area contributed by atoms with Crippen LogP contribution in [0, 0.1) is 22.0 Å². The first-order valence-electron chi connectivity index (χ1n) is 3.98. The van der Waals surface area contributed by atoms with Crippen LogP contribution in [0.3, 0.4) is 0 Å². The summed E-state index contributed by atoms with van der Waals surface area (Å²) >= 11 is 0. The van der Waals surface area contributed by atoms with Gasteiger partial charge in [0.15, 0.2) is 5.69 Å². The van der Waals surface area contributed by atoms with Crippen molar-refractivity contribution in [2.24, 2.45) is 0 Å². The SMILES string of the molecule is CNCC#Cc1ncccc1[N+](=O)[O-]. The van der Waals surface area contributed by atoms with Crippen LogP contribution in [0.5, 0.6) is 0 Å². The minimum absolute atomic E-state index is 0.0592. The summed E-state index contributed by atoms with van der Waals surface area (Å²) < 4.78 is 0. The van der Waals surface area contributed by atoms with Gasteiger partial charge in [0, 0.05) is 12.3 Å². The number of aromatic nitrogens is 1. The van der Waals surface area contributed by atoms with E-state index in [0.717, 1.165) is 0 Å². The van der Waals surface area contributed by atoms with Crippen molar-refractivity contribution >= 4 is 5.69 Å². The highest BCUT2D eigenvalue weighted by atomic mass is 16.6. The Kier molecular flexibility index (Phi) is 3.58. The molecule has 0 aromatic carbocycles. The fourth-order valence-corrected chi connectivity index (χ4v) is 0.857. The summed E-state index contributed by atoms with van der Waals surface area (Å²) in [5.41, 5.74) is 0.142. The second-order valence-electron chi connectivity index (χ2n) is 2.46. The quantitative estimate of drug-likeness (QED) is 0.421. The minimum atomic E-state index is -0.490. The van der Waals surface area contributed by atoms with E-state index in [1.54, 1.807) is 7.05 Å². The molecule has 0 bridgehead atoms. The topological polar surface area (TPSA) is 68.1 Å². The Balaban J connectivity index is 2.97. The zero-order valence-corrected chi connectivity index (χ0v) is 7.65. The molecular formula is C9H9N3O2. The summed E-state index contributed by atoms with van der Waals surface area (Å²) in [6.45, 7) is 0.480. The van der Waals surface area contributed by atoms with Gasteiger partial charge in [-0.05, 0) is 19.0 Å². The Hall–Kier alpha value is -1.93. The van der Waals surface area contributed by atoms with E-state index in [0.29, 0.717) is 6.54 Å². The Morgan fingerprint density at radius 1 is 1.71 bits per heavy atom. The van der Waals surface area contributed by atoms with Crippen molar-refractivity contribution in [3.8, 4) is 11.8 Å². The Bertz CT molecular complexity index is 393. The monoisotopic (exact) mass is 191 g/mol. The zero-order valence-electron chi connectivity index (χ0n) is 7.65. The van der Waals surface area contributed by atoms with Crippen LogP contribution in [0.4, 0.5) is 5.69 Å². The number of nitrogens with one attached hydrogen (secondary N) is 1. The van der Waals surface area contributed by atoms with Gasteiger partial charge in [0.25, 0.3) is 0 Å². The fraction of sp³-hybridized carbons (Fsp3) is 0.222. The minimum Gasteiger partial charge on any atom is -0.309 e. The van der Waals surface area contributed by atoms with Crippen LogP contribution in [0.1, 0.15) is 5.69 Å². The first-order valence-corrected chi connectivity index (χ1v) is 3.98. The molecule has 0 aliphatic heterocycles. The van der Waals surface area contributed by atoms with Gasteiger partial charge in [0.2, 0.25) is 0 Å². The van der Waals surface area contributed by atoms with Gasteiger partial charge in [-0.1, -0.05) is 5.92 Å². The van der Waals surface area contributed by atoms with Gasteiger partial charge in [-0.3, -0.25) is 10.1 Å². The zero-order chi connectivity index (χ0) is 10.4. The number of nitro groups is 1. The van der Waals surface area contributed by atoms with Gasteiger partial charge in [-0.25, -0.2) is 4.98 Å². The predicted molar refractivity (Wildman–Crippen MR) is 51.7 cm³/mol. The van der Waals surface area contributed by atoms with E-state index < -0.39 is 4.92 Å². The van der Waals surface area contributed by atoms with Gasteiger partial charge in [0.05, 0.1) is 11.5 Å². The Morgan fingerprint density at radius 3 is 3.14 bits per heavy atom. The number of hydrogen-bond acceptors (Lipinski definition) is 4. The predicted octanol–water partition coefficient (Wildman–Crippen LogP) is 0.561. The molecule has 0 fully saturated rings. The molecule has 0 saturated carbocycles. The van der Waals surface area contributed by atoms with E-state index in [1.807, 2.05) is 0 Å². The van der Waals surface area contributed by atoms with Crippen LogP contribution in [-0.2, 0) is 0 Å². The molecule has 1 aromatic rings. The molecule has 0 unspecified atom stereocenters. The lowest BCUT2D eigenvalue weighted by atomic mass is 10.3. The van der Waals surface area contributed by atoms with Crippen molar-refractivity contribution in [3.63, 3.8) is 0 Å². The smallest absolute Gasteiger partial charge is 0.303 e. The lowest BCUT2D eigenvalue weighted by Gasteiger charge is -1.92. The standard InChI is InChI=1S/C9H9N3O2/c1-10-6-2-4-8-9(12(13)14)5-3-7-11-8/h3,5,7,10H,6H2,1H3. The molecule has 0 atom stereocenters. The summed E-state index contributed by atoms with van der Waals surface area (Å²) in [6.07, 6.45) is 1.48. The van der Waals surface area contributed by atoms with Crippen LogP contribution in [0.15, 0.2) is 18.3 Å². The molecule has 0 saturated heterocycles. The lowest BCUT2D eigenvalue weighted by Crippen LogP contribution is -2.04. The van der Waals surface area contributed by atoms with Crippen LogP contribution in [-0.4, -0.2) is 23.5 Å². The molecule has 0 radical (unpaired) electrons. The van der Waals surface area contributed by atoms with E-state index in [-0.39, 0.29) is 11.4 Å². The van der Waals surface area contributed by atoms with Crippen molar-refractivity contribution in [3.05, 3.63) is 34.1 Å². The van der Waals surface area contributed by atoms with E-state index in [2.05, 4.69) is 22.1 Å². The highest BCUT2D eigenvalue weighted by molar-refractivity contribution is 5.45. The van der Waals surface area contributed by atoms with Crippen molar-refractivity contribution in [2.45, 2.75) is 0 Å². The van der Waals surface area contributed by atoms with E-state index in [1.165, 1.54) is 18.3 Å². The molecule has 5 heteroatoms. The highest BCUT2D eigenvalue weighted by Gasteiger charge is 2.10. The van der Waals surface area contributed by atoms with Gasteiger partial charge < -0.3 is 5.32 Å². The summed E-state index contributed by atoms with van der Waals surface area (Å²) in [5.74, 6) is 5.35. The second-order valence-corrected chi connectivity index (χ2v) is 2.46. The normalized spacial score (nSPS) is 8.93. The number of hydrogen-bond donors (Lipinski definition) is 1. The molecule has 0 aliphatic rings. The molecule has 0 amide bonds. The Morgan fingerprint density at radius 2 is 2.50 bits per heavy atom. The number of rotatable bonds is 2. The molecule has 1 heterocycles. The third-order valence-electron chi connectivity index (χ3n) is 1.46. The van der Waals surface area contributed by atoms with E-state index in [4.69, 9.17) is 0 Å². The highest BCUT2D eigenvalue weighted by Crippen LogP contribution is 2.12. The van der Waals surface area contributed by atoms with Crippen molar-refractivity contribution in [1.82, 2.24) is 10.3 Å². The van der Waals surface area contributed by atoms with Gasteiger partial charge in [-0.2, -0.15) is 0 Å². The third kappa shape index (κ3) is 2.54. The van der Waals surface area contributed by atoms with Gasteiger partial charge >= 0.3 is 5.69 Å². The molecule has 5 nitrogen and oxygen atoms in total. The number of nitrogens with zero attached hydrogens (tertiary/aromatic N) is 2. The first kappa shape index (κ1) is 10.2. The van der Waals surface area contributed by atoms with Crippen molar-refractivity contribution in [2.75, 3.05) is 13.6 Å². The lowest BCUT2D eigenvalue weighted by molar-refractivity contribution is -0.385. The fourth-order valence-electron chi connectivity index (χ4n) is 0.857. The molecule has 0 aliphatic carbocycles. The summed E-state index contributed by atoms with van der Waals surface area (Å²) in [5, 5.41) is 13.4. The summed E-state index contributed by atoms with van der Waals surface area (Å²) in [4.78, 5) is 13.9. The summed E-state index contributed by atoms with van der Waals surface area (Å²) in [7, 11) is 1.75. The molecule has 1 aromatic heterocycles. The molecular weight excluding hydrogens is 182 g/mol. The van der Waals surface area contributed by atoms with Crippen molar-refractivity contribution in [1.29, 1.82) is 0 Å². The molecule has 1 rings (SSSR count). The molecule has 0 spiro atoms. The maximum absolute atomic E-state index is 10.5. The van der Waals surface area contributed by atoms with Crippen LogP contribution < -0.4 is 5.32 Å². The maximum atomic E-state index is 10.5. The largest absolute Gasteiger partial charge is 0.309 e. The maximum Gasteiger partial charge on any atom is 0.303 e. The average molecular weight is 191 g/mol. The van der Waals surface area contributed by atoms with Crippen LogP contribution >= 0.6 is 0 Å². The average Bonchev–Trinajstić information content (AvgIpc) is 2.19. The van der Waals surface area contributed by atoms with Crippen molar-refractivity contribution < 1.29 is 4.92 Å². The molecule has 14 heavy (non-hydrogen) atoms. The summed E-state index contributed by atoms with van der Waals surface area (Å²) in [6, 6.07) is 2.90. The number of pyridine rings is 1. The van der Waals surface area contributed by atoms with Gasteiger partial charge in [0.1, 0.15) is 0 Å². The van der Waals surface area contributed by atoms with E-state index >= 15 is 0 Å².